The molecule has 0 bridgehead atoms. The second kappa shape index (κ2) is 4.81. The first-order valence-electron chi connectivity index (χ1n) is 5.33. The van der Waals surface area contributed by atoms with E-state index in [1.807, 2.05) is 39.8 Å². The molecule has 0 amide bonds. The Morgan fingerprint density at radius 2 is 2.07 bits per heavy atom. The Bertz CT molecular complexity index is 299. The Balaban J connectivity index is 2.28. The maximum absolute atomic E-state index is 9.78. The molecule has 1 aromatic rings. The smallest absolute Gasteiger partial charge is 0.117 e. The van der Waals surface area contributed by atoms with Gasteiger partial charge in [0.05, 0.1) is 12.6 Å². The summed E-state index contributed by atoms with van der Waals surface area (Å²) in [6.07, 6.45) is -0.339. The lowest BCUT2D eigenvalue weighted by atomic mass is 9.89. The van der Waals surface area contributed by atoms with Crippen molar-refractivity contribution in [1.29, 1.82) is 0 Å². The van der Waals surface area contributed by atoms with Crippen molar-refractivity contribution >= 4 is 0 Å². The molecule has 1 unspecified atom stereocenters. The van der Waals surface area contributed by atoms with Crippen molar-refractivity contribution in [2.24, 2.45) is 5.41 Å². The number of hydrogen-bond donors (Lipinski definition) is 2. The van der Waals surface area contributed by atoms with Crippen LogP contribution < -0.4 is 5.32 Å². The molecule has 1 atom stereocenters. The number of aryl methyl sites for hydroxylation is 1. The molecule has 0 spiro atoms. The first-order chi connectivity index (χ1) is 6.89. The van der Waals surface area contributed by atoms with Gasteiger partial charge in [-0.2, -0.15) is 0 Å². The summed E-state index contributed by atoms with van der Waals surface area (Å²) in [5, 5.41) is 13.0. The highest BCUT2D eigenvalue weighted by atomic mass is 16.3. The number of aliphatic hydroxyl groups excluding tert-OH is 1. The number of furan rings is 1. The van der Waals surface area contributed by atoms with Crippen molar-refractivity contribution in [2.75, 3.05) is 6.54 Å². The Hall–Kier alpha value is -0.800. The Morgan fingerprint density at radius 1 is 1.40 bits per heavy atom. The maximum Gasteiger partial charge on any atom is 0.117 e. The number of rotatable bonds is 4. The van der Waals surface area contributed by atoms with Crippen molar-refractivity contribution in [3.05, 3.63) is 23.7 Å². The SMILES string of the molecule is Cc1ccc(CNCC(O)C(C)(C)C)o1. The average Bonchev–Trinajstić information content (AvgIpc) is 2.49. The van der Waals surface area contributed by atoms with E-state index in [-0.39, 0.29) is 11.5 Å². The third-order valence-corrected chi connectivity index (χ3v) is 2.43. The number of aliphatic hydroxyl groups is 1. The number of nitrogens with one attached hydrogen (secondary N) is 1. The molecule has 0 aliphatic rings. The summed E-state index contributed by atoms with van der Waals surface area (Å²) in [7, 11) is 0. The van der Waals surface area contributed by atoms with Gasteiger partial charge in [0.25, 0.3) is 0 Å². The van der Waals surface area contributed by atoms with Gasteiger partial charge in [0, 0.05) is 6.54 Å². The lowest BCUT2D eigenvalue weighted by Gasteiger charge is -2.25. The van der Waals surface area contributed by atoms with Crippen LogP contribution in [0, 0.1) is 12.3 Å². The molecule has 0 saturated heterocycles. The quantitative estimate of drug-likeness (QED) is 0.801. The molecule has 3 nitrogen and oxygen atoms in total. The highest BCUT2D eigenvalue weighted by Crippen LogP contribution is 2.18. The minimum atomic E-state index is -0.339. The zero-order valence-corrected chi connectivity index (χ0v) is 10.0. The van der Waals surface area contributed by atoms with Crippen LogP contribution in [0.15, 0.2) is 16.5 Å². The minimum absolute atomic E-state index is 0.0773. The summed E-state index contributed by atoms with van der Waals surface area (Å²) in [4.78, 5) is 0. The molecule has 2 N–H and O–H groups in total. The molecule has 0 aliphatic carbocycles. The standard InChI is InChI=1S/C12H21NO2/c1-9-5-6-10(15-9)7-13-8-11(14)12(2,3)4/h5-6,11,13-14H,7-8H2,1-4H3. The molecule has 1 heterocycles. The van der Waals surface area contributed by atoms with Gasteiger partial charge < -0.3 is 14.8 Å². The lowest BCUT2D eigenvalue weighted by molar-refractivity contribution is 0.0623. The molecule has 0 aromatic carbocycles. The number of hydrogen-bond acceptors (Lipinski definition) is 3. The van der Waals surface area contributed by atoms with Crippen LogP contribution in [-0.2, 0) is 6.54 Å². The Kier molecular flexibility index (Phi) is 3.94. The van der Waals surface area contributed by atoms with Gasteiger partial charge in [-0.1, -0.05) is 20.8 Å². The molecule has 0 aliphatic heterocycles. The first kappa shape index (κ1) is 12.3. The van der Waals surface area contributed by atoms with Crippen LogP contribution in [0.5, 0.6) is 0 Å². The van der Waals surface area contributed by atoms with Crippen LogP contribution in [0.3, 0.4) is 0 Å². The van der Waals surface area contributed by atoms with E-state index in [0.29, 0.717) is 13.1 Å². The van der Waals surface area contributed by atoms with Gasteiger partial charge in [-0.15, -0.1) is 0 Å². The van der Waals surface area contributed by atoms with Gasteiger partial charge in [-0.25, -0.2) is 0 Å². The normalized spacial score (nSPS) is 14.2. The highest BCUT2D eigenvalue weighted by Gasteiger charge is 2.21. The van der Waals surface area contributed by atoms with Crippen molar-refractivity contribution in [2.45, 2.75) is 40.3 Å². The highest BCUT2D eigenvalue weighted by molar-refractivity contribution is 5.05. The summed E-state index contributed by atoms with van der Waals surface area (Å²) in [6.45, 7) is 9.25. The maximum atomic E-state index is 9.78. The molecule has 1 rings (SSSR count). The molecule has 0 radical (unpaired) electrons. The monoisotopic (exact) mass is 211 g/mol. The van der Waals surface area contributed by atoms with E-state index < -0.39 is 0 Å². The Morgan fingerprint density at radius 3 is 2.53 bits per heavy atom. The van der Waals surface area contributed by atoms with E-state index in [4.69, 9.17) is 4.42 Å². The molecule has 1 aromatic heterocycles. The predicted molar refractivity (Wildman–Crippen MR) is 60.6 cm³/mol. The molecular formula is C12H21NO2. The molecular weight excluding hydrogens is 190 g/mol. The molecule has 0 fully saturated rings. The summed E-state index contributed by atoms with van der Waals surface area (Å²) in [5.74, 6) is 1.83. The van der Waals surface area contributed by atoms with E-state index >= 15 is 0 Å². The fourth-order valence-electron chi connectivity index (χ4n) is 1.22. The minimum Gasteiger partial charge on any atom is -0.465 e. The van der Waals surface area contributed by atoms with Crippen LogP contribution in [0.2, 0.25) is 0 Å². The molecule has 15 heavy (non-hydrogen) atoms. The van der Waals surface area contributed by atoms with E-state index in [9.17, 15) is 5.11 Å². The predicted octanol–water partition coefficient (Wildman–Crippen LogP) is 2.08. The molecule has 0 saturated carbocycles. The summed E-state index contributed by atoms with van der Waals surface area (Å²) in [5.41, 5.74) is -0.0773. The third-order valence-electron chi connectivity index (χ3n) is 2.43. The Labute approximate surface area is 91.5 Å². The van der Waals surface area contributed by atoms with Crippen LogP contribution in [0.1, 0.15) is 32.3 Å². The summed E-state index contributed by atoms with van der Waals surface area (Å²) < 4.78 is 5.41. The second-order valence-corrected chi connectivity index (χ2v) is 5.03. The molecule has 86 valence electrons. The zero-order chi connectivity index (χ0) is 11.5. The topological polar surface area (TPSA) is 45.4 Å². The summed E-state index contributed by atoms with van der Waals surface area (Å²) >= 11 is 0. The third kappa shape index (κ3) is 4.06. The van der Waals surface area contributed by atoms with Crippen molar-refractivity contribution in [1.82, 2.24) is 5.32 Å². The summed E-state index contributed by atoms with van der Waals surface area (Å²) in [6, 6.07) is 3.89. The average molecular weight is 211 g/mol. The fraction of sp³-hybridized carbons (Fsp3) is 0.667. The van der Waals surface area contributed by atoms with E-state index in [2.05, 4.69) is 5.32 Å². The van der Waals surface area contributed by atoms with Crippen LogP contribution in [-0.4, -0.2) is 17.8 Å². The van der Waals surface area contributed by atoms with E-state index in [1.54, 1.807) is 0 Å². The second-order valence-electron chi connectivity index (χ2n) is 5.03. The van der Waals surface area contributed by atoms with Crippen LogP contribution in [0.25, 0.3) is 0 Å². The fourth-order valence-corrected chi connectivity index (χ4v) is 1.22. The van der Waals surface area contributed by atoms with Gasteiger partial charge in [-0.05, 0) is 24.5 Å². The van der Waals surface area contributed by atoms with Crippen molar-refractivity contribution in [3.63, 3.8) is 0 Å². The van der Waals surface area contributed by atoms with Crippen LogP contribution in [0.4, 0.5) is 0 Å². The van der Waals surface area contributed by atoms with E-state index in [0.717, 1.165) is 11.5 Å². The van der Waals surface area contributed by atoms with E-state index in [1.165, 1.54) is 0 Å². The van der Waals surface area contributed by atoms with Gasteiger partial charge in [0.15, 0.2) is 0 Å². The lowest BCUT2D eigenvalue weighted by Crippen LogP contribution is -2.36. The van der Waals surface area contributed by atoms with Gasteiger partial charge in [-0.3, -0.25) is 0 Å². The van der Waals surface area contributed by atoms with Gasteiger partial charge in [0.2, 0.25) is 0 Å². The zero-order valence-electron chi connectivity index (χ0n) is 10.0. The van der Waals surface area contributed by atoms with Crippen LogP contribution >= 0.6 is 0 Å². The van der Waals surface area contributed by atoms with Gasteiger partial charge >= 0.3 is 0 Å². The van der Waals surface area contributed by atoms with Crippen molar-refractivity contribution in [3.8, 4) is 0 Å². The largest absolute Gasteiger partial charge is 0.465 e. The van der Waals surface area contributed by atoms with Gasteiger partial charge in [0.1, 0.15) is 11.5 Å². The van der Waals surface area contributed by atoms with Crippen molar-refractivity contribution < 1.29 is 9.52 Å². The first-order valence-corrected chi connectivity index (χ1v) is 5.33. The molecule has 3 heteroatoms.